The Labute approximate surface area is 162 Å². The van der Waals surface area contributed by atoms with Crippen molar-refractivity contribution in [2.45, 2.75) is 20.0 Å². The second kappa shape index (κ2) is 10.6. The molecule has 2 rings (SSSR count). The van der Waals surface area contributed by atoms with Crippen LogP contribution in [-0.2, 0) is 13.1 Å². The number of nitro groups is 1. The van der Waals surface area contributed by atoms with Crippen LogP contribution in [0.4, 0.5) is 10.1 Å². The van der Waals surface area contributed by atoms with E-state index in [2.05, 4.69) is 15.6 Å². The summed E-state index contributed by atoms with van der Waals surface area (Å²) in [4.78, 5) is 14.6. The van der Waals surface area contributed by atoms with Gasteiger partial charge in [0.05, 0.1) is 11.5 Å². The van der Waals surface area contributed by atoms with Crippen LogP contribution in [-0.4, -0.2) is 17.4 Å². The molecule has 6 nitrogen and oxygen atoms in total. The monoisotopic (exact) mass is 458 g/mol. The minimum Gasteiger partial charge on any atom is -0.357 e. The Hall–Kier alpha value is -2.23. The van der Waals surface area contributed by atoms with Crippen molar-refractivity contribution in [3.05, 3.63) is 75.6 Å². The fourth-order valence-corrected chi connectivity index (χ4v) is 2.07. The molecular formula is C17H20FIN4O2. The van der Waals surface area contributed by atoms with E-state index in [4.69, 9.17) is 0 Å². The molecule has 0 amide bonds. The van der Waals surface area contributed by atoms with Crippen molar-refractivity contribution in [2.24, 2.45) is 4.99 Å². The van der Waals surface area contributed by atoms with E-state index in [0.717, 1.165) is 11.1 Å². The minimum absolute atomic E-state index is 0. The highest BCUT2D eigenvalue weighted by atomic mass is 127. The SMILES string of the molecule is CCNC(=NCc1cccc(F)c1)NCc1ccc([N+](=O)[O-])cc1.I. The molecule has 2 aromatic carbocycles. The lowest BCUT2D eigenvalue weighted by Gasteiger charge is -2.11. The van der Waals surface area contributed by atoms with E-state index in [9.17, 15) is 14.5 Å². The van der Waals surface area contributed by atoms with E-state index in [-0.39, 0.29) is 35.5 Å². The quantitative estimate of drug-likeness (QED) is 0.228. The van der Waals surface area contributed by atoms with Crippen LogP contribution in [0.5, 0.6) is 0 Å². The summed E-state index contributed by atoms with van der Waals surface area (Å²) in [6, 6.07) is 12.6. The van der Waals surface area contributed by atoms with Crippen LogP contribution in [0.1, 0.15) is 18.1 Å². The van der Waals surface area contributed by atoms with Crippen molar-refractivity contribution in [1.82, 2.24) is 10.6 Å². The number of hydrogen-bond donors (Lipinski definition) is 2. The van der Waals surface area contributed by atoms with Gasteiger partial charge in [-0.1, -0.05) is 24.3 Å². The zero-order chi connectivity index (χ0) is 17.4. The first-order valence-electron chi connectivity index (χ1n) is 7.58. The van der Waals surface area contributed by atoms with E-state index in [1.165, 1.54) is 24.3 Å². The number of rotatable bonds is 6. The van der Waals surface area contributed by atoms with E-state index in [1.54, 1.807) is 18.2 Å². The van der Waals surface area contributed by atoms with Crippen molar-refractivity contribution < 1.29 is 9.31 Å². The molecule has 0 aliphatic carbocycles. The van der Waals surface area contributed by atoms with Crippen LogP contribution in [0.2, 0.25) is 0 Å². The smallest absolute Gasteiger partial charge is 0.269 e. The maximum atomic E-state index is 13.2. The van der Waals surface area contributed by atoms with E-state index >= 15 is 0 Å². The third-order valence-corrected chi connectivity index (χ3v) is 3.26. The second-order valence-corrected chi connectivity index (χ2v) is 5.10. The predicted molar refractivity (Wildman–Crippen MR) is 107 cm³/mol. The topological polar surface area (TPSA) is 79.6 Å². The van der Waals surface area contributed by atoms with Gasteiger partial charge in [0, 0.05) is 25.2 Å². The van der Waals surface area contributed by atoms with Gasteiger partial charge in [-0.25, -0.2) is 9.38 Å². The highest BCUT2D eigenvalue weighted by Gasteiger charge is 2.04. The molecule has 2 N–H and O–H groups in total. The average molecular weight is 458 g/mol. The van der Waals surface area contributed by atoms with Crippen molar-refractivity contribution in [2.75, 3.05) is 6.54 Å². The number of halogens is 2. The largest absolute Gasteiger partial charge is 0.357 e. The molecule has 0 aliphatic heterocycles. The Morgan fingerprint density at radius 2 is 1.88 bits per heavy atom. The van der Waals surface area contributed by atoms with Gasteiger partial charge in [-0.2, -0.15) is 0 Å². The van der Waals surface area contributed by atoms with Gasteiger partial charge in [-0.3, -0.25) is 10.1 Å². The normalized spacial score (nSPS) is 10.7. The van der Waals surface area contributed by atoms with Crippen LogP contribution < -0.4 is 10.6 Å². The highest BCUT2D eigenvalue weighted by molar-refractivity contribution is 14.0. The molecule has 0 unspecified atom stereocenters. The van der Waals surface area contributed by atoms with Crippen LogP contribution in [0.25, 0.3) is 0 Å². The third kappa shape index (κ3) is 7.04. The van der Waals surface area contributed by atoms with E-state index < -0.39 is 4.92 Å². The predicted octanol–water partition coefficient (Wildman–Crippen LogP) is 3.61. The molecule has 0 aliphatic rings. The summed E-state index contributed by atoms with van der Waals surface area (Å²) in [5.41, 5.74) is 1.74. The first kappa shape index (κ1) is 20.8. The lowest BCUT2D eigenvalue weighted by atomic mass is 10.2. The average Bonchev–Trinajstić information content (AvgIpc) is 2.58. The van der Waals surface area contributed by atoms with Gasteiger partial charge in [0.15, 0.2) is 5.96 Å². The molecule has 0 spiro atoms. The van der Waals surface area contributed by atoms with Crippen LogP contribution in [0, 0.1) is 15.9 Å². The van der Waals surface area contributed by atoms with Crippen molar-refractivity contribution in [3.63, 3.8) is 0 Å². The van der Waals surface area contributed by atoms with Gasteiger partial charge >= 0.3 is 0 Å². The number of nitrogens with one attached hydrogen (secondary N) is 2. The summed E-state index contributed by atoms with van der Waals surface area (Å²) in [5.74, 6) is 0.312. The number of non-ortho nitro benzene ring substituents is 1. The summed E-state index contributed by atoms with van der Waals surface area (Å²) >= 11 is 0. The number of aliphatic imine (C=N–C) groups is 1. The molecule has 0 aromatic heterocycles. The molecule has 0 atom stereocenters. The van der Waals surface area contributed by atoms with Gasteiger partial charge in [0.1, 0.15) is 5.82 Å². The number of nitrogens with zero attached hydrogens (tertiary/aromatic N) is 2. The van der Waals surface area contributed by atoms with Gasteiger partial charge in [0.25, 0.3) is 5.69 Å². The maximum Gasteiger partial charge on any atom is 0.269 e. The van der Waals surface area contributed by atoms with Crippen molar-refractivity contribution in [1.29, 1.82) is 0 Å². The molecular weight excluding hydrogens is 438 g/mol. The summed E-state index contributed by atoms with van der Waals surface area (Å²) in [6.07, 6.45) is 0. The molecule has 0 radical (unpaired) electrons. The van der Waals surface area contributed by atoms with Crippen LogP contribution >= 0.6 is 24.0 Å². The van der Waals surface area contributed by atoms with Crippen LogP contribution in [0.3, 0.4) is 0 Å². The molecule has 0 bridgehead atoms. The van der Waals surface area contributed by atoms with Gasteiger partial charge in [-0.05, 0) is 30.2 Å². The zero-order valence-electron chi connectivity index (χ0n) is 13.7. The molecule has 0 saturated heterocycles. The fraction of sp³-hybridized carbons (Fsp3) is 0.235. The minimum atomic E-state index is -0.429. The Morgan fingerprint density at radius 1 is 1.16 bits per heavy atom. The third-order valence-electron chi connectivity index (χ3n) is 3.26. The fourth-order valence-electron chi connectivity index (χ4n) is 2.07. The molecule has 134 valence electrons. The number of guanidine groups is 1. The highest BCUT2D eigenvalue weighted by Crippen LogP contribution is 2.11. The summed E-state index contributed by atoms with van der Waals surface area (Å²) in [6.45, 7) is 3.47. The zero-order valence-corrected chi connectivity index (χ0v) is 16.1. The molecule has 0 saturated carbocycles. The molecule has 25 heavy (non-hydrogen) atoms. The molecule has 2 aromatic rings. The lowest BCUT2D eigenvalue weighted by Crippen LogP contribution is -2.36. The standard InChI is InChI=1S/C17H19FN4O2.HI/c1-2-19-17(21-12-14-4-3-5-15(18)10-14)20-11-13-6-8-16(9-7-13)22(23)24;/h3-10H,2,11-12H2,1H3,(H2,19,20,21);1H. The van der Waals surface area contributed by atoms with Gasteiger partial charge in [0.2, 0.25) is 0 Å². The van der Waals surface area contributed by atoms with Gasteiger partial charge in [-0.15, -0.1) is 24.0 Å². The molecule has 0 fully saturated rings. The number of benzene rings is 2. The molecule has 0 heterocycles. The first-order chi connectivity index (χ1) is 11.6. The first-order valence-corrected chi connectivity index (χ1v) is 7.58. The lowest BCUT2D eigenvalue weighted by molar-refractivity contribution is -0.384. The second-order valence-electron chi connectivity index (χ2n) is 5.10. The van der Waals surface area contributed by atoms with Crippen molar-refractivity contribution in [3.8, 4) is 0 Å². The van der Waals surface area contributed by atoms with Gasteiger partial charge < -0.3 is 10.6 Å². The Bertz CT molecular complexity index is 723. The number of hydrogen-bond acceptors (Lipinski definition) is 3. The summed E-state index contributed by atoms with van der Waals surface area (Å²) in [7, 11) is 0. The Morgan fingerprint density at radius 3 is 2.48 bits per heavy atom. The summed E-state index contributed by atoms with van der Waals surface area (Å²) in [5, 5.41) is 16.9. The van der Waals surface area contributed by atoms with Crippen molar-refractivity contribution >= 4 is 35.6 Å². The Balaban J connectivity index is 0.00000312. The molecule has 8 heteroatoms. The maximum absolute atomic E-state index is 13.2. The Kier molecular flexibility index (Phi) is 8.82. The van der Waals surface area contributed by atoms with E-state index in [0.29, 0.717) is 25.6 Å². The summed E-state index contributed by atoms with van der Waals surface area (Å²) < 4.78 is 13.2. The van der Waals surface area contributed by atoms with Crippen LogP contribution in [0.15, 0.2) is 53.5 Å². The number of nitro benzene ring substituents is 1. The van der Waals surface area contributed by atoms with E-state index in [1.807, 2.05) is 13.0 Å².